The number of hydrogen-bond acceptors (Lipinski definition) is 3. The third-order valence-corrected chi connectivity index (χ3v) is 3.35. The lowest BCUT2D eigenvalue weighted by molar-refractivity contribution is -0.116. The van der Waals surface area contributed by atoms with E-state index in [0.717, 1.165) is 25.9 Å². The summed E-state index contributed by atoms with van der Waals surface area (Å²) in [6.07, 6.45) is 2.50. The van der Waals surface area contributed by atoms with Gasteiger partial charge in [-0.2, -0.15) is 0 Å². The molecule has 1 aliphatic rings. The summed E-state index contributed by atoms with van der Waals surface area (Å²) in [6.45, 7) is 2.50. The van der Waals surface area contributed by atoms with Gasteiger partial charge in [0.05, 0.1) is 5.69 Å². The fourth-order valence-electron chi connectivity index (χ4n) is 2.33. The molecule has 1 aliphatic heterocycles. The molecule has 3 N–H and O–H groups in total. The summed E-state index contributed by atoms with van der Waals surface area (Å²) in [5, 5.41) is 2.59. The molecule has 19 heavy (non-hydrogen) atoms. The van der Waals surface area contributed by atoms with Gasteiger partial charge in [0.2, 0.25) is 5.91 Å². The van der Waals surface area contributed by atoms with Crippen LogP contribution in [-0.4, -0.2) is 36.5 Å². The van der Waals surface area contributed by atoms with E-state index in [-0.39, 0.29) is 17.6 Å². The zero-order valence-corrected chi connectivity index (χ0v) is 10.9. The number of piperidine rings is 1. The third kappa shape index (κ3) is 4.29. The molecule has 0 bridgehead atoms. The Kier molecular flexibility index (Phi) is 4.87. The molecule has 1 fully saturated rings. The number of nitrogens with zero attached hydrogens (tertiary/aromatic N) is 1. The molecule has 1 unspecified atom stereocenters. The Morgan fingerprint density at radius 1 is 1.47 bits per heavy atom. The van der Waals surface area contributed by atoms with E-state index >= 15 is 0 Å². The first kappa shape index (κ1) is 14.0. The van der Waals surface area contributed by atoms with Gasteiger partial charge in [-0.05, 0) is 31.5 Å². The number of halogens is 1. The van der Waals surface area contributed by atoms with Crippen LogP contribution in [0.2, 0.25) is 0 Å². The van der Waals surface area contributed by atoms with Gasteiger partial charge in [0.25, 0.3) is 0 Å². The topological polar surface area (TPSA) is 58.4 Å². The van der Waals surface area contributed by atoms with Crippen molar-refractivity contribution in [3.8, 4) is 0 Å². The standard InChI is InChI=1S/C14H20FN3O/c15-12-5-1-2-6-13(12)17-14(19)7-9-18-8-3-4-11(16)10-18/h1-2,5-6,11H,3-4,7-10,16H2,(H,17,19). The number of hydrogen-bond donors (Lipinski definition) is 2. The number of nitrogens with two attached hydrogens (primary N) is 1. The first-order valence-corrected chi connectivity index (χ1v) is 6.67. The molecule has 0 radical (unpaired) electrons. The highest BCUT2D eigenvalue weighted by molar-refractivity contribution is 5.90. The van der Waals surface area contributed by atoms with Crippen LogP contribution in [0, 0.1) is 5.82 Å². The predicted molar refractivity (Wildman–Crippen MR) is 73.3 cm³/mol. The Morgan fingerprint density at radius 2 is 2.26 bits per heavy atom. The minimum atomic E-state index is -0.407. The summed E-state index contributed by atoms with van der Waals surface area (Å²) in [4.78, 5) is 13.9. The molecule has 1 aromatic rings. The summed E-state index contributed by atoms with van der Waals surface area (Å²) in [5.41, 5.74) is 6.12. The molecule has 1 amide bonds. The summed E-state index contributed by atoms with van der Waals surface area (Å²) in [6, 6.07) is 6.40. The SMILES string of the molecule is NC1CCCN(CCC(=O)Nc2ccccc2F)C1. The molecule has 0 saturated carbocycles. The summed E-state index contributed by atoms with van der Waals surface area (Å²) in [7, 11) is 0. The lowest BCUT2D eigenvalue weighted by Gasteiger charge is -2.30. The van der Waals surface area contributed by atoms with E-state index in [2.05, 4.69) is 10.2 Å². The molecule has 2 rings (SSSR count). The molecule has 0 aromatic heterocycles. The van der Waals surface area contributed by atoms with E-state index in [0.29, 0.717) is 13.0 Å². The molecule has 1 aromatic carbocycles. The van der Waals surface area contributed by atoms with E-state index in [4.69, 9.17) is 5.73 Å². The second-order valence-corrected chi connectivity index (χ2v) is 4.98. The smallest absolute Gasteiger partial charge is 0.225 e. The number of carbonyl (C=O) groups excluding carboxylic acids is 1. The van der Waals surface area contributed by atoms with Gasteiger partial charge in [0, 0.05) is 25.6 Å². The molecule has 0 spiro atoms. The largest absolute Gasteiger partial charge is 0.327 e. The van der Waals surface area contributed by atoms with Crippen LogP contribution < -0.4 is 11.1 Å². The van der Waals surface area contributed by atoms with Gasteiger partial charge in [0.15, 0.2) is 0 Å². The van der Waals surface area contributed by atoms with Crippen LogP contribution in [0.3, 0.4) is 0 Å². The first-order valence-electron chi connectivity index (χ1n) is 6.67. The van der Waals surface area contributed by atoms with Gasteiger partial charge in [-0.3, -0.25) is 4.79 Å². The van der Waals surface area contributed by atoms with Gasteiger partial charge in [-0.25, -0.2) is 4.39 Å². The van der Waals surface area contributed by atoms with Crippen molar-refractivity contribution in [2.45, 2.75) is 25.3 Å². The van der Waals surface area contributed by atoms with Crippen LogP contribution in [-0.2, 0) is 4.79 Å². The summed E-state index contributed by atoms with van der Waals surface area (Å²) >= 11 is 0. The van der Waals surface area contributed by atoms with E-state index in [9.17, 15) is 9.18 Å². The number of benzene rings is 1. The lowest BCUT2D eigenvalue weighted by Crippen LogP contribution is -2.43. The van der Waals surface area contributed by atoms with Crippen LogP contribution >= 0.6 is 0 Å². The highest BCUT2D eigenvalue weighted by atomic mass is 19.1. The Morgan fingerprint density at radius 3 is 3.00 bits per heavy atom. The van der Waals surface area contributed by atoms with E-state index in [1.807, 2.05) is 0 Å². The molecule has 5 heteroatoms. The maximum absolute atomic E-state index is 13.4. The van der Waals surface area contributed by atoms with Crippen molar-refractivity contribution in [3.05, 3.63) is 30.1 Å². The Labute approximate surface area is 112 Å². The van der Waals surface area contributed by atoms with Crippen molar-refractivity contribution in [1.82, 2.24) is 4.90 Å². The molecule has 104 valence electrons. The van der Waals surface area contributed by atoms with Crippen LogP contribution in [0.5, 0.6) is 0 Å². The quantitative estimate of drug-likeness (QED) is 0.869. The molecule has 1 heterocycles. The highest BCUT2D eigenvalue weighted by Crippen LogP contribution is 2.13. The monoisotopic (exact) mass is 265 g/mol. The van der Waals surface area contributed by atoms with Gasteiger partial charge in [-0.1, -0.05) is 12.1 Å². The second kappa shape index (κ2) is 6.63. The number of likely N-dealkylation sites (tertiary alicyclic amines) is 1. The fraction of sp³-hybridized carbons (Fsp3) is 0.500. The zero-order valence-electron chi connectivity index (χ0n) is 10.9. The van der Waals surface area contributed by atoms with E-state index < -0.39 is 5.82 Å². The minimum Gasteiger partial charge on any atom is -0.327 e. The average molecular weight is 265 g/mol. The number of rotatable bonds is 4. The van der Waals surface area contributed by atoms with Crippen molar-refractivity contribution in [2.24, 2.45) is 5.73 Å². The van der Waals surface area contributed by atoms with Gasteiger partial charge >= 0.3 is 0 Å². The normalized spacial score (nSPS) is 20.2. The predicted octanol–water partition coefficient (Wildman–Crippen LogP) is 1.58. The van der Waals surface area contributed by atoms with Gasteiger partial charge in [0.1, 0.15) is 5.82 Å². The van der Waals surface area contributed by atoms with Gasteiger partial charge in [-0.15, -0.1) is 0 Å². The van der Waals surface area contributed by atoms with Crippen molar-refractivity contribution in [3.63, 3.8) is 0 Å². The van der Waals surface area contributed by atoms with Crippen molar-refractivity contribution in [1.29, 1.82) is 0 Å². The number of nitrogens with one attached hydrogen (secondary N) is 1. The van der Waals surface area contributed by atoms with Crippen LogP contribution in [0.15, 0.2) is 24.3 Å². The Hall–Kier alpha value is -1.46. The molecule has 1 atom stereocenters. The maximum Gasteiger partial charge on any atom is 0.225 e. The fourth-order valence-corrected chi connectivity index (χ4v) is 2.33. The lowest BCUT2D eigenvalue weighted by atomic mass is 10.1. The van der Waals surface area contributed by atoms with Gasteiger partial charge < -0.3 is 16.0 Å². The number of carbonyl (C=O) groups is 1. The van der Waals surface area contributed by atoms with Crippen LogP contribution in [0.4, 0.5) is 10.1 Å². The summed E-state index contributed by atoms with van der Waals surface area (Å²) in [5.74, 6) is -0.569. The maximum atomic E-state index is 13.4. The number of amides is 1. The van der Waals surface area contributed by atoms with Crippen LogP contribution in [0.1, 0.15) is 19.3 Å². The first-order chi connectivity index (χ1) is 9.15. The Balaban J connectivity index is 1.77. The van der Waals surface area contributed by atoms with E-state index in [1.165, 1.54) is 6.07 Å². The average Bonchev–Trinajstić information content (AvgIpc) is 2.39. The van der Waals surface area contributed by atoms with Crippen molar-refractivity contribution >= 4 is 11.6 Å². The minimum absolute atomic E-state index is 0.163. The second-order valence-electron chi connectivity index (χ2n) is 4.98. The van der Waals surface area contributed by atoms with Crippen molar-refractivity contribution in [2.75, 3.05) is 25.0 Å². The van der Waals surface area contributed by atoms with Crippen LogP contribution in [0.25, 0.3) is 0 Å². The molecular weight excluding hydrogens is 245 g/mol. The number of anilines is 1. The number of para-hydroxylation sites is 1. The third-order valence-electron chi connectivity index (χ3n) is 3.35. The molecule has 0 aliphatic carbocycles. The molecule has 1 saturated heterocycles. The zero-order chi connectivity index (χ0) is 13.7. The van der Waals surface area contributed by atoms with Crippen molar-refractivity contribution < 1.29 is 9.18 Å². The molecule has 4 nitrogen and oxygen atoms in total. The van der Waals surface area contributed by atoms with E-state index in [1.54, 1.807) is 18.2 Å². The Bertz CT molecular complexity index is 438. The highest BCUT2D eigenvalue weighted by Gasteiger charge is 2.17. The summed E-state index contributed by atoms with van der Waals surface area (Å²) < 4.78 is 13.4. The molecular formula is C14H20FN3O.